The van der Waals surface area contributed by atoms with Gasteiger partial charge >= 0.3 is 0 Å². The number of benzene rings is 2. The second-order valence-electron chi connectivity index (χ2n) is 4.82. The van der Waals surface area contributed by atoms with Crippen LogP contribution in [-0.2, 0) is 0 Å². The summed E-state index contributed by atoms with van der Waals surface area (Å²) in [5, 5.41) is 13.5. The molecule has 2 aromatic carbocycles. The lowest BCUT2D eigenvalue weighted by Gasteiger charge is -2.16. The van der Waals surface area contributed by atoms with Gasteiger partial charge in [0.25, 0.3) is 0 Å². The van der Waals surface area contributed by atoms with Gasteiger partial charge in [-0.05, 0) is 24.5 Å². The molecule has 18 heavy (non-hydrogen) atoms. The molecule has 0 bridgehead atoms. The first-order valence-electron chi connectivity index (χ1n) is 6.43. The highest BCUT2D eigenvalue weighted by Crippen LogP contribution is 2.37. The van der Waals surface area contributed by atoms with E-state index in [0.717, 1.165) is 18.4 Å². The van der Waals surface area contributed by atoms with Crippen molar-refractivity contribution in [2.75, 3.05) is 0 Å². The normalized spacial score (nSPS) is 23.1. The molecule has 1 saturated heterocycles. The summed E-state index contributed by atoms with van der Waals surface area (Å²) in [7, 11) is 0. The summed E-state index contributed by atoms with van der Waals surface area (Å²) >= 11 is 0. The monoisotopic (exact) mass is 239 g/mol. The van der Waals surface area contributed by atoms with E-state index in [-0.39, 0.29) is 6.04 Å². The summed E-state index contributed by atoms with van der Waals surface area (Å²) in [5.74, 6) is 0.392. The van der Waals surface area contributed by atoms with Crippen molar-refractivity contribution in [1.29, 1.82) is 0 Å². The molecule has 2 nitrogen and oxygen atoms in total. The van der Waals surface area contributed by atoms with Gasteiger partial charge in [0, 0.05) is 17.6 Å². The molecule has 1 aliphatic heterocycles. The molecule has 0 spiro atoms. The first kappa shape index (κ1) is 11.3. The SMILES string of the molecule is Oc1ccccc1C1CCC(c2ccccc2)N1. The molecule has 2 unspecified atom stereocenters. The fourth-order valence-corrected chi connectivity index (χ4v) is 2.72. The van der Waals surface area contributed by atoms with Crippen LogP contribution in [0.4, 0.5) is 0 Å². The molecule has 3 rings (SSSR count). The summed E-state index contributed by atoms with van der Waals surface area (Å²) in [6, 6.07) is 18.8. The zero-order chi connectivity index (χ0) is 12.4. The van der Waals surface area contributed by atoms with Gasteiger partial charge in [-0.15, -0.1) is 0 Å². The smallest absolute Gasteiger partial charge is 0.120 e. The van der Waals surface area contributed by atoms with Crippen molar-refractivity contribution >= 4 is 0 Å². The fourth-order valence-electron chi connectivity index (χ4n) is 2.72. The Kier molecular flexibility index (Phi) is 3.03. The number of hydrogen-bond acceptors (Lipinski definition) is 2. The molecule has 2 atom stereocenters. The highest BCUT2D eigenvalue weighted by Gasteiger charge is 2.27. The largest absolute Gasteiger partial charge is 0.508 e. The van der Waals surface area contributed by atoms with Crippen molar-refractivity contribution in [3.8, 4) is 5.75 Å². The Morgan fingerprint density at radius 3 is 2.28 bits per heavy atom. The number of phenolic OH excluding ortho intramolecular Hbond substituents is 1. The van der Waals surface area contributed by atoms with Crippen LogP contribution in [0, 0.1) is 0 Å². The van der Waals surface area contributed by atoms with E-state index in [1.807, 2.05) is 24.3 Å². The van der Waals surface area contributed by atoms with E-state index in [1.165, 1.54) is 5.56 Å². The van der Waals surface area contributed by atoms with Gasteiger partial charge in [0.05, 0.1) is 0 Å². The van der Waals surface area contributed by atoms with Crippen LogP contribution in [0.15, 0.2) is 54.6 Å². The third-order valence-electron chi connectivity index (χ3n) is 3.66. The van der Waals surface area contributed by atoms with Crippen molar-refractivity contribution in [3.63, 3.8) is 0 Å². The van der Waals surface area contributed by atoms with E-state index in [9.17, 15) is 5.11 Å². The second kappa shape index (κ2) is 4.83. The number of aromatic hydroxyl groups is 1. The topological polar surface area (TPSA) is 32.3 Å². The predicted octanol–water partition coefficient (Wildman–Crippen LogP) is 3.56. The van der Waals surface area contributed by atoms with Gasteiger partial charge in [0.1, 0.15) is 5.75 Å². The minimum absolute atomic E-state index is 0.261. The van der Waals surface area contributed by atoms with E-state index < -0.39 is 0 Å². The van der Waals surface area contributed by atoms with E-state index in [0.29, 0.717) is 11.8 Å². The Bertz CT molecular complexity index is 524. The summed E-state index contributed by atoms with van der Waals surface area (Å²) in [6.07, 6.45) is 2.18. The fraction of sp³-hybridized carbons (Fsp3) is 0.250. The third-order valence-corrected chi connectivity index (χ3v) is 3.66. The van der Waals surface area contributed by atoms with Gasteiger partial charge in [-0.3, -0.25) is 0 Å². The Hall–Kier alpha value is -1.80. The third kappa shape index (κ3) is 2.12. The van der Waals surface area contributed by atoms with Gasteiger partial charge < -0.3 is 10.4 Å². The van der Waals surface area contributed by atoms with Gasteiger partial charge in [0.15, 0.2) is 0 Å². The highest BCUT2D eigenvalue weighted by molar-refractivity contribution is 5.35. The molecule has 2 aromatic rings. The highest BCUT2D eigenvalue weighted by atomic mass is 16.3. The van der Waals surface area contributed by atoms with Gasteiger partial charge in [-0.2, -0.15) is 0 Å². The van der Waals surface area contributed by atoms with Crippen LogP contribution in [0.1, 0.15) is 36.1 Å². The zero-order valence-electron chi connectivity index (χ0n) is 10.2. The van der Waals surface area contributed by atoms with Crippen LogP contribution in [0.5, 0.6) is 5.75 Å². The number of nitrogens with one attached hydrogen (secondary N) is 1. The van der Waals surface area contributed by atoms with Crippen LogP contribution >= 0.6 is 0 Å². The first-order chi connectivity index (χ1) is 8.84. The molecular weight excluding hydrogens is 222 g/mol. The Balaban J connectivity index is 1.78. The molecule has 92 valence electrons. The number of hydrogen-bond donors (Lipinski definition) is 2. The van der Waals surface area contributed by atoms with Gasteiger partial charge in [-0.1, -0.05) is 48.5 Å². The lowest BCUT2D eigenvalue weighted by atomic mass is 10.0. The average Bonchev–Trinajstić information content (AvgIpc) is 2.90. The average molecular weight is 239 g/mol. The molecule has 1 fully saturated rings. The standard InChI is InChI=1S/C16H17NO/c18-16-9-5-4-8-13(16)15-11-10-14(17-15)12-6-2-1-3-7-12/h1-9,14-15,17-18H,10-11H2. The molecule has 2 heteroatoms. The van der Waals surface area contributed by atoms with E-state index in [1.54, 1.807) is 6.07 Å². The molecule has 0 amide bonds. The van der Waals surface area contributed by atoms with Crippen LogP contribution in [0.2, 0.25) is 0 Å². The molecule has 2 N–H and O–H groups in total. The maximum absolute atomic E-state index is 9.89. The molecular formula is C16H17NO. The van der Waals surface area contributed by atoms with E-state index in [2.05, 4.69) is 29.6 Å². The minimum atomic E-state index is 0.261. The van der Waals surface area contributed by atoms with Crippen molar-refractivity contribution < 1.29 is 5.11 Å². The number of rotatable bonds is 2. The molecule has 1 aliphatic rings. The van der Waals surface area contributed by atoms with Crippen LogP contribution < -0.4 is 5.32 Å². The van der Waals surface area contributed by atoms with E-state index >= 15 is 0 Å². The number of phenols is 1. The maximum atomic E-state index is 9.89. The van der Waals surface area contributed by atoms with Crippen molar-refractivity contribution in [3.05, 3.63) is 65.7 Å². The summed E-state index contributed by atoms with van der Waals surface area (Å²) in [6.45, 7) is 0. The lowest BCUT2D eigenvalue weighted by Crippen LogP contribution is -2.17. The Labute approximate surface area is 107 Å². The Morgan fingerprint density at radius 2 is 1.50 bits per heavy atom. The maximum Gasteiger partial charge on any atom is 0.120 e. The quantitative estimate of drug-likeness (QED) is 0.840. The molecule has 0 aromatic heterocycles. The predicted molar refractivity (Wildman–Crippen MR) is 72.4 cm³/mol. The second-order valence-corrected chi connectivity index (χ2v) is 4.82. The van der Waals surface area contributed by atoms with Crippen LogP contribution in [0.3, 0.4) is 0 Å². The number of para-hydroxylation sites is 1. The van der Waals surface area contributed by atoms with Crippen molar-refractivity contribution in [2.24, 2.45) is 0 Å². The Morgan fingerprint density at radius 1 is 0.833 bits per heavy atom. The van der Waals surface area contributed by atoms with E-state index in [4.69, 9.17) is 0 Å². The molecule has 0 radical (unpaired) electrons. The van der Waals surface area contributed by atoms with Crippen molar-refractivity contribution in [2.45, 2.75) is 24.9 Å². The summed E-state index contributed by atoms with van der Waals surface area (Å²) in [4.78, 5) is 0. The van der Waals surface area contributed by atoms with Gasteiger partial charge in [0.2, 0.25) is 0 Å². The zero-order valence-corrected chi connectivity index (χ0v) is 10.2. The minimum Gasteiger partial charge on any atom is -0.508 e. The molecule has 1 heterocycles. The molecule has 0 saturated carbocycles. The lowest BCUT2D eigenvalue weighted by molar-refractivity contribution is 0.454. The molecule has 0 aliphatic carbocycles. The van der Waals surface area contributed by atoms with Crippen molar-refractivity contribution in [1.82, 2.24) is 5.32 Å². The summed E-state index contributed by atoms with van der Waals surface area (Å²) < 4.78 is 0. The summed E-state index contributed by atoms with van der Waals surface area (Å²) in [5.41, 5.74) is 2.34. The first-order valence-corrected chi connectivity index (χ1v) is 6.43. The van der Waals surface area contributed by atoms with Gasteiger partial charge in [-0.25, -0.2) is 0 Å². The van der Waals surface area contributed by atoms with Crippen LogP contribution in [0.25, 0.3) is 0 Å². The van der Waals surface area contributed by atoms with Crippen LogP contribution in [-0.4, -0.2) is 5.11 Å².